The lowest BCUT2D eigenvalue weighted by Crippen LogP contribution is -2.16. The Balaban J connectivity index is 1.74. The molecule has 2 amide bonds. The first-order chi connectivity index (χ1) is 14.7. The first-order valence-electron chi connectivity index (χ1n) is 8.82. The van der Waals surface area contributed by atoms with Gasteiger partial charge in [-0.25, -0.2) is 4.79 Å². The fourth-order valence-corrected chi connectivity index (χ4v) is 4.76. The molecule has 3 aromatic rings. The number of nitrogens with one attached hydrogen (secondary N) is 1. The van der Waals surface area contributed by atoms with Gasteiger partial charge in [0, 0.05) is 17.6 Å². The van der Waals surface area contributed by atoms with Crippen molar-refractivity contribution in [3.8, 4) is 11.4 Å². The first kappa shape index (κ1) is 22.8. The molecule has 0 atom stereocenters. The normalized spacial score (nSPS) is 10.7. The molecule has 3 rings (SSSR count). The molecule has 0 aliphatic carbocycles. The molecule has 31 heavy (non-hydrogen) atoms. The zero-order chi connectivity index (χ0) is 22.7. The summed E-state index contributed by atoms with van der Waals surface area (Å²) in [5, 5.41) is 12.3. The number of amides is 2. The molecule has 0 spiro atoms. The van der Waals surface area contributed by atoms with Crippen molar-refractivity contribution in [1.82, 2.24) is 14.8 Å². The number of nitrogens with two attached hydrogens (primary N) is 1. The third kappa shape index (κ3) is 4.89. The van der Waals surface area contributed by atoms with Crippen LogP contribution in [0.25, 0.3) is 11.4 Å². The second kappa shape index (κ2) is 9.50. The van der Waals surface area contributed by atoms with Gasteiger partial charge in [0.05, 0.1) is 23.3 Å². The lowest BCUT2D eigenvalue weighted by Gasteiger charge is -2.06. The van der Waals surface area contributed by atoms with E-state index in [0.717, 1.165) is 16.9 Å². The SMILES string of the molecule is COC(=O)c1c(NC(=O)CSc2nnc(-c3cccc(Cl)c3)n2C)sc(C(N)=O)c1C. The number of hydrogen-bond acceptors (Lipinski definition) is 8. The van der Waals surface area contributed by atoms with Crippen LogP contribution < -0.4 is 11.1 Å². The van der Waals surface area contributed by atoms with Gasteiger partial charge in [0.25, 0.3) is 5.91 Å². The highest BCUT2D eigenvalue weighted by Crippen LogP contribution is 2.33. The van der Waals surface area contributed by atoms with Gasteiger partial charge < -0.3 is 20.4 Å². The maximum Gasteiger partial charge on any atom is 0.341 e. The van der Waals surface area contributed by atoms with Crippen LogP contribution >= 0.6 is 34.7 Å². The summed E-state index contributed by atoms with van der Waals surface area (Å²) in [5.74, 6) is -1.12. The third-order valence-electron chi connectivity index (χ3n) is 4.26. The Bertz CT molecular complexity index is 1170. The van der Waals surface area contributed by atoms with Crippen molar-refractivity contribution < 1.29 is 19.1 Å². The van der Waals surface area contributed by atoms with Gasteiger partial charge >= 0.3 is 5.97 Å². The predicted molar refractivity (Wildman–Crippen MR) is 120 cm³/mol. The van der Waals surface area contributed by atoms with Crippen LogP contribution in [0.2, 0.25) is 5.02 Å². The molecular weight excluding hydrogens is 462 g/mol. The number of carbonyl (C=O) groups is 3. The Labute approximate surface area is 190 Å². The number of hydrogen-bond donors (Lipinski definition) is 2. The molecule has 0 bridgehead atoms. The number of thiophene rings is 1. The van der Waals surface area contributed by atoms with E-state index in [1.54, 1.807) is 30.7 Å². The second-order valence-electron chi connectivity index (χ2n) is 6.33. The zero-order valence-corrected chi connectivity index (χ0v) is 19.2. The zero-order valence-electron chi connectivity index (χ0n) is 16.8. The highest BCUT2D eigenvalue weighted by atomic mass is 35.5. The molecule has 3 N–H and O–H groups in total. The third-order valence-corrected chi connectivity index (χ3v) is 6.74. The average Bonchev–Trinajstić information content (AvgIpc) is 3.25. The molecule has 0 aliphatic heterocycles. The molecule has 1 aromatic carbocycles. The van der Waals surface area contributed by atoms with Crippen LogP contribution in [0.1, 0.15) is 25.6 Å². The maximum atomic E-state index is 12.5. The van der Waals surface area contributed by atoms with Crippen LogP contribution in [0.15, 0.2) is 29.4 Å². The molecule has 2 aromatic heterocycles. The number of thioether (sulfide) groups is 1. The van der Waals surface area contributed by atoms with Crippen LogP contribution in [-0.4, -0.2) is 45.4 Å². The number of primary amides is 1. The minimum Gasteiger partial charge on any atom is -0.465 e. The van der Waals surface area contributed by atoms with Crippen LogP contribution in [-0.2, 0) is 16.6 Å². The fraction of sp³-hybridized carbons (Fsp3) is 0.211. The van der Waals surface area contributed by atoms with E-state index < -0.39 is 11.9 Å². The smallest absolute Gasteiger partial charge is 0.341 e. The molecule has 162 valence electrons. The van der Waals surface area contributed by atoms with E-state index in [-0.39, 0.29) is 27.1 Å². The van der Waals surface area contributed by atoms with Gasteiger partial charge in [-0.2, -0.15) is 0 Å². The number of methoxy groups -OCH3 is 1. The molecule has 0 radical (unpaired) electrons. The number of halogens is 1. The molecular formula is C19H18ClN5O4S2. The topological polar surface area (TPSA) is 129 Å². The van der Waals surface area contributed by atoms with Gasteiger partial charge in [-0.05, 0) is 24.6 Å². The molecule has 9 nitrogen and oxygen atoms in total. The van der Waals surface area contributed by atoms with E-state index >= 15 is 0 Å². The van der Waals surface area contributed by atoms with Crippen molar-refractivity contribution in [2.75, 3.05) is 18.2 Å². The van der Waals surface area contributed by atoms with Gasteiger partial charge in [-0.15, -0.1) is 21.5 Å². The molecule has 12 heteroatoms. The number of carbonyl (C=O) groups excluding carboxylic acids is 3. The minimum atomic E-state index is -0.685. The van der Waals surface area contributed by atoms with Crippen molar-refractivity contribution in [2.24, 2.45) is 12.8 Å². The van der Waals surface area contributed by atoms with Gasteiger partial charge in [-0.1, -0.05) is 35.5 Å². The van der Waals surface area contributed by atoms with Gasteiger partial charge in [0.15, 0.2) is 11.0 Å². The molecule has 0 aliphatic rings. The number of nitrogens with zero attached hydrogens (tertiary/aromatic N) is 3. The highest BCUT2D eigenvalue weighted by Gasteiger charge is 2.25. The number of aromatic nitrogens is 3. The summed E-state index contributed by atoms with van der Waals surface area (Å²) in [6.45, 7) is 1.57. The molecule has 2 heterocycles. The van der Waals surface area contributed by atoms with E-state index in [1.165, 1.54) is 18.9 Å². The van der Waals surface area contributed by atoms with E-state index in [1.807, 2.05) is 12.1 Å². The quantitative estimate of drug-likeness (QED) is 0.393. The van der Waals surface area contributed by atoms with Gasteiger partial charge in [-0.3, -0.25) is 9.59 Å². The average molecular weight is 480 g/mol. The molecule has 0 saturated carbocycles. The Morgan fingerprint density at radius 3 is 2.71 bits per heavy atom. The summed E-state index contributed by atoms with van der Waals surface area (Å²) in [6, 6.07) is 7.21. The summed E-state index contributed by atoms with van der Waals surface area (Å²) in [4.78, 5) is 36.4. The van der Waals surface area contributed by atoms with Crippen molar-refractivity contribution >= 4 is 57.5 Å². The fourth-order valence-electron chi connectivity index (χ4n) is 2.80. The Kier molecular flexibility index (Phi) is 6.98. The number of esters is 1. The molecule has 0 fully saturated rings. The van der Waals surface area contributed by atoms with Crippen LogP contribution in [0.4, 0.5) is 5.00 Å². The Hall–Kier alpha value is -2.89. The van der Waals surface area contributed by atoms with Crippen molar-refractivity contribution in [3.63, 3.8) is 0 Å². The minimum absolute atomic E-state index is 0.00494. The highest BCUT2D eigenvalue weighted by molar-refractivity contribution is 7.99. The maximum absolute atomic E-state index is 12.5. The van der Waals surface area contributed by atoms with Crippen LogP contribution in [0.5, 0.6) is 0 Å². The number of anilines is 1. The lowest BCUT2D eigenvalue weighted by atomic mass is 10.1. The van der Waals surface area contributed by atoms with E-state index in [2.05, 4.69) is 15.5 Å². The number of ether oxygens (including phenoxy) is 1. The number of benzene rings is 1. The summed E-state index contributed by atoms with van der Waals surface area (Å²) in [6.07, 6.45) is 0. The van der Waals surface area contributed by atoms with E-state index in [0.29, 0.717) is 21.6 Å². The molecule has 0 unspecified atom stereocenters. The monoisotopic (exact) mass is 479 g/mol. The molecule has 0 saturated heterocycles. The number of rotatable bonds is 7. The lowest BCUT2D eigenvalue weighted by molar-refractivity contribution is -0.113. The first-order valence-corrected chi connectivity index (χ1v) is 11.0. The van der Waals surface area contributed by atoms with Gasteiger partial charge in [0.2, 0.25) is 5.91 Å². The summed E-state index contributed by atoms with van der Waals surface area (Å²) >= 11 is 8.14. The van der Waals surface area contributed by atoms with E-state index in [9.17, 15) is 14.4 Å². The van der Waals surface area contributed by atoms with Crippen LogP contribution in [0, 0.1) is 6.92 Å². The summed E-state index contributed by atoms with van der Waals surface area (Å²) in [7, 11) is 3.00. The van der Waals surface area contributed by atoms with Crippen molar-refractivity contribution in [3.05, 3.63) is 45.3 Å². The second-order valence-corrected chi connectivity index (χ2v) is 8.73. The van der Waals surface area contributed by atoms with Gasteiger partial charge in [0.1, 0.15) is 5.00 Å². The Morgan fingerprint density at radius 1 is 1.32 bits per heavy atom. The Morgan fingerprint density at radius 2 is 2.06 bits per heavy atom. The predicted octanol–water partition coefficient (Wildman–Crippen LogP) is 3.12. The summed E-state index contributed by atoms with van der Waals surface area (Å²) in [5.41, 5.74) is 6.64. The van der Waals surface area contributed by atoms with Crippen molar-refractivity contribution in [2.45, 2.75) is 12.1 Å². The van der Waals surface area contributed by atoms with E-state index in [4.69, 9.17) is 22.1 Å². The standard InChI is InChI=1S/C19H18ClN5O4S2/c1-9-13(18(28)29-3)17(31-14(9)15(21)27)22-12(26)8-30-19-24-23-16(25(19)2)10-5-4-6-11(20)7-10/h4-7H,8H2,1-3H3,(H2,21,27)(H,22,26). The summed E-state index contributed by atoms with van der Waals surface area (Å²) < 4.78 is 6.51. The van der Waals surface area contributed by atoms with Crippen molar-refractivity contribution in [1.29, 1.82) is 0 Å². The largest absolute Gasteiger partial charge is 0.465 e. The van der Waals surface area contributed by atoms with Crippen LogP contribution in [0.3, 0.4) is 0 Å².